The molecule has 0 radical (unpaired) electrons. The summed E-state index contributed by atoms with van der Waals surface area (Å²) in [6.45, 7) is 4.59. The van der Waals surface area contributed by atoms with E-state index >= 15 is 0 Å². The van der Waals surface area contributed by atoms with Crippen molar-refractivity contribution in [3.05, 3.63) is 64.7 Å². The number of non-ortho nitro benzene ring substituents is 1. The van der Waals surface area contributed by atoms with Crippen LogP contribution < -0.4 is 15.1 Å². The summed E-state index contributed by atoms with van der Waals surface area (Å²) in [7, 11) is 0. The second-order valence-electron chi connectivity index (χ2n) is 6.70. The Labute approximate surface area is 168 Å². The van der Waals surface area contributed by atoms with Crippen molar-refractivity contribution in [1.82, 2.24) is 5.32 Å². The SMILES string of the molecule is O=C(C[NH+]1CCN(c2ccc([N+](=O)[O-])cc2)CC1)NCCSc1ccccc1. The minimum Gasteiger partial charge on any atom is -0.360 e. The third-order valence-corrected chi connectivity index (χ3v) is 5.76. The molecule has 3 rings (SSSR count). The molecule has 0 aliphatic carbocycles. The summed E-state index contributed by atoms with van der Waals surface area (Å²) in [6.07, 6.45) is 0. The van der Waals surface area contributed by atoms with Gasteiger partial charge in [-0.1, -0.05) is 18.2 Å². The topological polar surface area (TPSA) is 79.9 Å². The fourth-order valence-corrected chi connectivity index (χ4v) is 4.00. The molecule has 1 saturated heterocycles. The summed E-state index contributed by atoms with van der Waals surface area (Å²) in [5, 5.41) is 13.8. The molecule has 0 spiro atoms. The monoisotopic (exact) mass is 401 g/mol. The smallest absolute Gasteiger partial charge is 0.275 e. The molecule has 7 nitrogen and oxygen atoms in total. The van der Waals surface area contributed by atoms with Gasteiger partial charge in [0, 0.05) is 35.0 Å². The van der Waals surface area contributed by atoms with Crippen LogP contribution >= 0.6 is 11.8 Å². The number of anilines is 1. The first-order valence-electron chi connectivity index (χ1n) is 9.39. The number of quaternary nitrogens is 1. The Hall–Kier alpha value is -2.58. The van der Waals surface area contributed by atoms with Crippen LogP contribution in [0.2, 0.25) is 0 Å². The summed E-state index contributed by atoms with van der Waals surface area (Å²) in [4.78, 5) is 27.2. The Balaban J connectivity index is 1.34. The van der Waals surface area contributed by atoms with E-state index in [4.69, 9.17) is 0 Å². The number of benzene rings is 2. The van der Waals surface area contributed by atoms with Crippen LogP contribution in [-0.4, -0.2) is 55.9 Å². The van der Waals surface area contributed by atoms with E-state index in [0.717, 1.165) is 37.6 Å². The van der Waals surface area contributed by atoms with Gasteiger partial charge in [0.15, 0.2) is 6.54 Å². The molecule has 28 heavy (non-hydrogen) atoms. The molecule has 2 aromatic carbocycles. The number of carbonyl (C=O) groups is 1. The number of amides is 1. The number of nitro groups is 1. The molecule has 1 amide bonds. The number of carbonyl (C=O) groups excluding carboxylic acids is 1. The molecular weight excluding hydrogens is 376 g/mol. The molecule has 0 unspecified atom stereocenters. The number of thioether (sulfide) groups is 1. The van der Waals surface area contributed by atoms with Crippen LogP contribution in [0.15, 0.2) is 59.5 Å². The molecule has 2 aromatic rings. The molecular formula is C20H25N4O3S+. The lowest BCUT2D eigenvalue weighted by atomic mass is 10.2. The van der Waals surface area contributed by atoms with Crippen molar-refractivity contribution in [2.75, 3.05) is 49.9 Å². The van der Waals surface area contributed by atoms with Crippen molar-refractivity contribution in [1.29, 1.82) is 0 Å². The fraction of sp³-hybridized carbons (Fsp3) is 0.350. The summed E-state index contributed by atoms with van der Waals surface area (Å²) < 4.78 is 0. The van der Waals surface area contributed by atoms with Crippen molar-refractivity contribution in [2.45, 2.75) is 4.90 Å². The summed E-state index contributed by atoms with van der Waals surface area (Å²) >= 11 is 1.74. The Morgan fingerprint density at radius 2 is 1.79 bits per heavy atom. The van der Waals surface area contributed by atoms with Crippen LogP contribution in [0.3, 0.4) is 0 Å². The minimum absolute atomic E-state index is 0.0902. The average Bonchev–Trinajstić information content (AvgIpc) is 2.73. The number of rotatable bonds is 8. The largest absolute Gasteiger partial charge is 0.360 e. The standard InChI is InChI=1S/C20H24N4O3S/c25-20(21-10-15-28-19-4-2-1-3-5-19)16-22-11-13-23(14-12-22)17-6-8-18(9-7-17)24(26)27/h1-9H,10-16H2,(H,21,25)/p+1. The van der Waals surface area contributed by atoms with E-state index in [2.05, 4.69) is 22.3 Å². The summed E-state index contributed by atoms with van der Waals surface area (Å²) in [5.41, 5.74) is 1.10. The molecule has 0 aromatic heterocycles. The maximum atomic E-state index is 12.2. The normalized spacial score (nSPS) is 14.6. The number of hydrogen-bond acceptors (Lipinski definition) is 5. The molecule has 1 heterocycles. The van der Waals surface area contributed by atoms with Gasteiger partial charge in [-0.2, -0.15) is 0 Å². The van der Waals surface area contributed by atoms with Gasteiger partial charge in [-0.15, -0.1) is 11.8 Å². The van der Waals surface area contributed by atoms with Gasteiger partial charge in [0.2, 0.25) is 0 Å². The van der Waals surface area contributed by atoms with E-state index < -0.39 is 0 Å². The second-order valence-corrected chi connectivity index (χ2v) is 7.87. The Bertz CT molecular complexity index is 778. The second kappa shape index (κ2) is 10.1. The highest BCUT2D eigenvalue weighted by molar-refractivity contribution is 7.99. The predicted molar refractivity (Wildman–Crippen MR) is 111 cm³/mol. The van der Waals surface area contributed by atoms with Gasteiger partial charge in [-0.05, 0) is 24.3 Å². The van der Waals surface area contributed by atoms with Crippen LogP contribution in [0.1, 0.15) is 0 Å². The van der Waals surface area contributed by atoms with Crippen molar-refractivity contribution < 1.29 is 14.6 Å². The fourth-order valence-electron chi connectivity index (χ4n) is 3.21. The maximum Gasteiger partial charge on any atom is 0.275 e. The van der Waals surface area contributed by atoms with Crippen molar-refractivity contribution in [3.63, 3.8) is 0 Å². The zero-order chi connectivity index (χ0) is 19.8. The molecule has 148 valence electrons. The molecule has 0 saturated carbocycles. The molecule has 1 aliphatic rings. The quantitative estimate of drug-likeness (QED) is 0.301. The first-order chi connectivity index (χ1) is 13.6. The highest BCUT2D eigenvalue weighted by Gasteiger charge is 2.22. The summed E-state index contributed by atoms with van der Waals surface area (Å²) in [5.74, 6) is 0.950. The van der Waals surface area contributed by atoms with Crippen LogP contribution in [0.5, 0.6) is 0 Å². The van der Waals surface area contributed by atoms with Crippen molar-refractivity contribution >= 4 is 29.0 Å². The van der Waals surface area contributed by atoms with Crippen LogP contribution in [0, 0.1) is 10.1 Å². The number of piperazine rings is 1. The van der Waals surface area contributed by atoms with E-state index in [9.17, 15) is 14.9 Å². The third-order valence-electron chi connectivity index (χ3n) is 4.74. The van der Waals surface area contributed by atoms with Crippen LogP contribution in [0.4, 0.5) is 11.4 Å². The number of hydrogen-bond donors (Lipinski definition) is 2. The number of nitrogens with zero attached hydrogens (tertiary/aromatic N) is 2. The van der Waals surface area contributed by atoms with Crippen LogP contribution in [-0.2, 0) is 4.79 Å². The summed E-state index contributed by atoms with van der Waals surface area (Å²) in [6, 6.07) is 16.8. The highest BCUT2D eigenvalue weighted by Crippen LogP contribution is 2.19. The van der Waals surface area contributed by atoms with E-state index in [0.29, 0.717) is 13.1 Å². The Kier molecular flexibility index (Phi) is 7.27. The zero-order valence-corrected chi connectivity index (χ0v) is 16.5. The van der Waals surface area contributed by atoms with Crippen LogP contribution in [0.25, 0.3) is 0 Å². The Morgan fingerprint density at radius 3 is 2.43 bits per heavy atom. The Morgan fingerprint density at radius 1 is 1.11 bits per heavy atom. The van der Waals surface area contributed by atoms with Gasteiger partial charge in [0.05, 0.1) is 31.1 Å². The van der Waals surface area contributed by atoms with Gasteiger partial charge in [0.25, 0.3) is 11.6 Å². The van der Waals surface area contributed by atoms with Gasteiger partial charge in [-0.3, -0.25) is 14.9 Å². The van der Waals surface area contributed by atoms with Crippen molar-refractivity contribution in [2.24, 2.45) is 0 Å². The van der Waals surface area contributed by atoms with Gasteiger partial charge >= 0.3 is 0 Å². The van der Waals surface area contributed by atoms with E-state index in [1.807, 2.05) is 18.2 Å². The van der Waals surface area contributed by atoms with Gasteiger partial charge < -0.3 is 15.1 Å². The average molecular weight is 402 g/mol. The lowest BCUT2D eigenvalue weighted by Gasteiger charge is -2.33. The number of nitrogens with one attached hydrogen (secondary N) is 2. The molecule has 0 bridgehead atoms. The highest BCUT2D eigenvalue weighted by atomic mass is 32.2. The minimum atomic E-state index is -0.386. The zero-order valence-electron chi connectivity index (χ0n) is 15.7. The predicted octanol–water partition coefficient (Wildman–Crippen LogP) is 1.21. The van der Waals surface area contributed by atoms with E-state index in [1.165, 1.54) is 21.9 Å². The first kappa shape index (κ1) is 20.2. The van der Waals surface area contributed by atoms with Crippen molar-refractivity contribution in [3.8, 4) is 0 Å². The molecule has 8 heteroatoms. The van der Waals surface area contributed by atoms with Gasteiger partial charge in [-0.25, -0.2) is 0 Å². The molecule has 1 fully saturated rings. The lowest BCUT2D eigenvalue weighted by molar-refractivity contribution is -0.892. The first-order valence-corrected chi connectivity index (χ1v) is 10.4. The lowest BCUT2D eigenvalue weighted by Crippen LogP contribution is -3.16. The third kappa shape index (κ3) is 5.97. The molecule has 0 atom stereocenters. The van der Waals surface area contributed by atoms with Gasteiger partial charge in [0.1, 0.15) is 0 Å². The molecule has 2 N–H and O–H groups in total. The van der Waals surface area contributed by atoms with E-state index in [1.54, 1.807) is 23.9 Å². The number of nitro benzene ring substituents is 1. The molecule has 1 aliphatic heterocycles. The maximum absolute atomic E-state index is 12.2. The van der Waals surface area contributed by atoms with E-state index in [-0.39, 0.29) is 16.5 Å².